The Hall–Kier alpha value is -1.18. The molecular weight excluding hydrogens is 243 g/mol. The van der Waals surface area contributed by atoms with Crippen molar-refractivity contribution in [1.29, 1.82) is 0 Å². The number of halogens is 3. The van der Waals surface area contributed by atoms with Gasteiger partial charge in [0, 0.05) is 12.8 Å². The quantitative estimate of drug-likeness (QED) is 0.570. The highest BCUT2D eigenvalue weighted by atomic mass is 19.4. The second kappa shape index (κ2) is 5.44. The highest BCUT2D eigenvalue weighted by Gasteiger charge is 2.39. The van der Waals surface area contributed by atoms with Crippen LogP contribution in [0.5, 0.6) is 0 Å². The van der Waals surface area contributed by atoms with Crippen molar-refractivity contribution in [3.05, 3.63) is 4.91 Å². The molecule has 0 bridgehead atoms. The first kappa shape index (κ1) is 13.9. The lowest BCUT2D eigenvalue weighted by Crippen LogP contribution is -2.39. The van der Waals surface area contributed by atoms with Gasteiger partial charge in [0.25, 0.3) is 0 Å². The summed E-state index contributed by atoms with van der Waals surface area (Å²) in [5.41, 5.74) is -1.55. The van der Waals surface area contributed by atoms with Crippen LogP contribution in [0.15, 0.2) is 5.18 Å². The summed E-state index contributed by atoms with van der Waals surface area (Å²) in [7, 11) is 0. The highest BCUT2D eigenvalue weighted by molar-refractivity contribution is 5.70. The van der Waals surface area contributed by atoms with Gasteiger partial charge in [0.05, 0.1) is 26.1 Å². The molecule has 1 heterocycles. The monoisotopic (exact) mass is 255 g/mol. The van der Waals surface area contributed by atoms with Crippen LogP contribution >= 0.6 is 0 Å². The first-order valence-corrected chi connectivity index (χ1v) is 5.08. The van der Waals surface area contributed by atoms with E-state index in [1.807, 2.05) is 0 Å². The molecule has 8 heteroatoms. The fourth-order valence-electron chi connectivity index (χ4n) is 1.41. The summed E-state index contributed by atoms with van der Waals surface area (Å²) < 4.78 is 45.3. The third kappa shape index (κ3) is 4.68. The Morgan fingerprint density at radius 3 is 2.41 bits per heavy atom. The van der Waals surface area contributed by atoms with Gasteiger partial charge in [0.15, 0.2) is 0 Å². The molecule has 1 fully saturated rings. The van der Waals surface area contributed by atoms with Crippen molar-refractivity contribution in [2.45, 2.75) is 37.6 Å². The molecule has 0 aromatic rings. The summed E-state index contributed by atoms with van der Waals surface area (Å²) in [6.45, 7) is 0.385. The van der Waals surface area contributed by atoms with Crippen LogP contribution in [0.1, 0.15) is 25.7 Å². The molecule has 1 aliphatic heterocycles. The van der Waals surface area contributed by atoms with Crippen molar-refractivity contribution in [2.24, 2.45) is 5.18 Å². The van der Waals surface area contributed by atoms with Crippen molar-refractivity contribution < 1.29 is 27.4 Å². The van der Waals surface area contributed by atoms with Gasteiger partial charge in [0.2, 0.25) is 5.72 Å². The predicted octanol–water partition coefficient (Wildman–Crippen LogP) is 2.15. The van der Waals surface area contributed by atoms with Crippen LogP contribution in [0.2, 0.25) is 0 Å². The second-order valence-corrected chi connectivity index (χ2v) is 3.74. The largest absolute Gasteiger partial charge is 0.433 e. The number of carbonyl (C=O) groups excluding carboxylic acids is 1. The molecule has 5 nitrogen and oxygen atoms in total. The van der Waals surface area contributed by atoms with E-state index in [-0.39, 0.29) is 26.1 Å². The Balaban J connectivity index is 2.45. The molecule has 0 radical (unpaired) electrons. The Kier molecular flexibility index (Phi) is 4.44. The zero-order valence-electron chi connectivity index (χ0n) is 8.96. The van der Waals surface area contributed by atoms with Gasteiger partial charge >= 0.3 is 12.1 Å². The summed E-state index contributed by atoms with van der Waals surface area (Å²) >= 11 is 0. The summed E-state index contributed by atoms with van der Waals surface area (Å²) in [6.07, 6.45) is -6.34. The summed E-state index contributed by atoms with van der Waals surface area (Å²) in [5.74, 6) is -1.07. The predicted molar refractivity (Wildman–Crippen MR) is 50.0 cm³/mol. The van der Waals surface area contributed by atoms with Gasteiger partial charge in [-0.25, -0.2) is 0 Å². The van der Waals surface area contributed by atoms with Crippen LogP contribution in [0.4, 0.5) is 13.2 Å². The van der Waals surface area contributed by atoms with E-state index >= 15 is 0 Å². The lowest BCUT2D eigenvalue weighted by Gasteiger charge is -2.29. The average Bonchev–Trinajstić information content (AvgIpc) is 2.27. The maximum Gasteiger partial charge on any atom is 0.389 e. The van der Waals surface area contributed by atoms with Gasteiger partial charge in [0.1, 0.15) is 0 Å². The van der Waals surface area contributed by atoms with E-state index in [4.69, 9.17) is 9.47 Å². The summed E-state index contributed by atoms with van der Waals surface area (Å²) in [5, 5.41) is 2.71. The van der Waals surface area contributed by atoms with Crippen LogP contribution in [0.25, 0.3) is 0 Å². The molecule has 98 valence electrons. The minimum atomic E-state index is -4.42. The zero-order valence-corrected chi connectivity index (χ0v) is 8.96. The minimum Gasteiger partial charge on any atom is -0.433 e. The van der Waals surface area contributed by atoms with Crippen molar-refractivity contribution in [3.8, 4) is 0 Å². The molecule has 0 unspecified atom stereocenters. The van der Waals surface area contributed by atoms with Crippen LogP contribution in [0, 0.1) is 4.91 Å². The first-order chi connectivity index (χ1) is 7.87. The molecule has 1 aliphatic rings. The minimum absolute atomic E-state index is 0.0776. The molecule has 0 amide bonds. The smallest absolute Gasteiger partial charge is 0.389 e. The fraction of sp³-hybridized carbons (Fsp3) is 0.889. The molecule has 1 rings (SSSR count). The van der Waals surface area contributed by atoms with Crippen LogP contribution in [-0.2, 0) is 14.3 Å². The SMILES string of the molecule is O=NC1(OC(=O)CCC(F)(F)F)CCOCC1. The summed E-state index contributed by atoms with van der Waals surface area (Å²) in [6, 6.07) is 0. The van der Waals surface area contributed by atoms with E-state index in [9.17, 15) is 22.9 Å². The molecule has 1 saturated heterocycles. The number of ether oxygens (including phenoxy) is 2. The lowest BCUT2D eigenvalue weighted by molar-refractivity contribution is -0.176. The Morgan fingerprint density at radius 1 is 1.35 bits per heavy atom. The van der Waals surface area contributed by atoms with Gasteiger partial charge in [-0.3, -0.25) is 4.79 Å². The zero-order chi connectivity index (χ0) is 12.9. The van der Waals surface area contributed by atoms with Crippen molar-refractivity contribution in [3.63, 3.8) is 0 Å². The van der Waals surface area contributed by atoms with E-state index in [1.165, 1.54) is 0 Å². The van der Waals surface area contributed by atoms with Crippen molar-refractivity contribution in [1.82, 2.24) is 0 Å². The van der Waals surface area contributed by atoms with E-state index in [0.717, 1.165) is 0 Å². The third-order valence-electron chi connectivity index (χ3n) is 2.36. The first-order valence-electron chi connectivity index (χ1n) is 5.08. The Labute approximate surface area is 95.2 Å². The van der Waals surface area contributed by atoms with Gasteiger partial charge in [-0.1, -0.05) is 0 Å². The Bertz CT molecular complexity index is 286. The number of nitroso groups, excluding NO2 is 1. The standard InChI is InChI=1S/C9H12F3NO4/c10-9(11,12)2-1-7(14)17-8(13-15)3-5-16-6-4-8/h1-6H2. The number of alkyl halides is 3. The molecule has 0 aliphatic carbocycles. The maximum atomic E-state index is 11.9. The fourth-order valence-corrected chi connectivity index (χ4v) is 1.41. The normalized spacial score (nSPS) is 19.7. The molecule has 0 N–H and O–H groups in total. The van der Waals surface area contributed by atoms with Crippen molar-refractivity contribution >= 4 is 5.97 Å². The Morgan fingerprint density at radius 2 is 1.94 bits per heavy atom. The summed E-state index contributed by atoms with van der Waals surface area (Å²) in [4.78, 5) is 21.8. The van der Waals surface area contributed by atoms with E-state index < -0.39 is 30.7 Å². The number of hydrogen-bond acceptors (Lipinski definition) is 5. The van der Waals surface area contributed by atoms with E-state index in [0.29, 0.717) is 0 Å². The molecular formula is C9H12F3NO4. The third-order valence-corrected chi connectivity index (χ3v) is 2.36. The lowest BCUT2D eigenvalue weighted by atomic mass is 10.1. The number of hydrogen-bond donors (Lipinski definition) is 0. The molecule has 0 atom stereocenters. The van der Waals surface area contributed by atoms with Gasteiger partial charge in [-0.2, -0.15) is 13.2 Å². The van der Waals surface area contributed by atoms with E-state index in [2.05, 4.69) is 5.18 Å². The molecule has 0 aromatic heterocycles. The van der Waals surface area contributed by atoms with Crippen molar-refractivity contribution in [2.75, 3.05) is 13.2 Å². The molecule has 0 saturated carbocycles. The molecule has 0 aromatic carbocycles. The molecule has 17 heavy (non-hydrogen) atoms. The van der Waals surface area contributed by atoms with Crippen LogP contribution in [-0.4, -0.2) is 31.1 Å². The topological polar surface area (TPSA) is 65.0 Å². The average molecular weight is 255 g/mol. The number of nitrogens with zero attached hydrogens (tertiary/aromatic N) is 1. The van der Waals surface area contributed by atoms with Crippen LogP contribution < -0.4 is 0 Å². The highest BCUT2D eigenvalue weighted by Crippen LogP contribution is 2.28. The maximum absolute atomic E-state index is 11.9. The molecule has 0 spiro atoms. The number of rotatable bonds is 4. The second-order valence-electron chi connectivity index (χ2n) is 3.74. The number of esters is 1. The van der Waals surface area contributed by atoms with E-state index in [1.54, 1.807) is 0 Å². The number of carbonyl (C=O) groups is 1. The van der Waals surface area contributed by atoms with Gasteiger partial charge in [-0.05, 0) is 5.18 Å². The van der Waals surface area contributed by atoms with Crippen LogP contribution in [0.3, 0.4) is 0 Å². The van der Waals surface area contributed by atoms with Gasteiger partial charge < -0.3 is 9.47 Å². The van der Waals surface area contributed by atoms with Gasteiger partial charge in [-0.15, -0.1) is 4.91 Å².